The second kappa shape index (κ2) is 4.76. The van der Waals surface area contributed by atoms with Crippen molar-refractivity contribution in [1.29, 1.82) is 0 Å². The Labute approximate surface area is 112 Å². The van der Waals surface area contributed by atoms with Crippen LogP contribution in [-0.2, 0) is 0 Å². The number of carbonyl (C=O) groups excluding carboxylic acids is 1. The molecule has 0 bridgehead atoms. The number of benzene rings is 2. The molecule has 2 aromatic rings. The fraction of sp³-hybridized carbons (Fsp3) is 0.188. The normalized spacial score (nSPS) is 10.5. The Bertz CT molecular complexity index is 634. The lowest BCUT2D eigenvalue weighted by atomic mass is 9.90. The van der Waals surface area contributed by atoms with Gasteiger partial charge in [-0.25, -0.2) is 0 Å². The van der Waals surface area contributed by atoms with Crippen LogP contribution in [0.3, 0.4) is 0 Å². The number of aldehydes is 1. The molecule has 0 aliphatic heterocycles. The van der Waals surface area contributed by atoms with Gasteiger partial charge in [0.05, 0.1) is 5.56 Å². The number of aryl methyl sites for hydroxylation is 3. The molecule has 0 saturated heterocycles. The van der Waals surface area contributed by atoms with Crippen molar-refractivity contribution in [3.05, 3.63) is 46.5 Å². The maximum atomic E-state index is 11.2. The molecule has 3 nitrogen and oxygen atoms in total. The second-order valence-electron chi connectivity index (χ2n) is 4.78. The molecule has 0 aliphatic carbocycles. The van der Waals surface area contributed by atoms with Crippen LogP contribution in [0, 0.1) is 20.8 Å². The average molecular weight is 256 g/mol. The summed E-state index contributed by atoms with van der Waals surface area (Å²) in [5, 5.41) is 19.8. The van der Waals surface area contributed by atoms with Gasteiger partial charge in [-0.2, -0.15) is 0 Å². The highest BCUT2D eigenvalue weighted by Crippen LogP contribution is 2.40. The summed E-state index contributed by atoms with van der Waals surface area (Å²) in [6.45, 7) is 5.84. The molecule has 0 fully saturated rings. The number of phenolic OH excluding ortho intramolecular Hbond substituents is 2. The van der Waals surface area contributed by atoms with Crippen molar-refractivity contribution >= 4 is 6.29 Å². The van der Waals surface area contributed by atoms with Crippen LogP contribution in [0.5, 0.6) is 11.5 Å². The Balaban J connectivity index is 2.86. The van der Waals surface area contributed by atoms with E-state index in [9.17, 15) is 15.0 Å². The molecule has 0 heterocycles. The van der Waals surface area contributed by atoms with E-state index in [2.05, 4.69) is 0 Å². The SMILES string of the molecule is Cc1cc(C)c(-c2c(O)ccc(O)c2C=O)c(C)c1. The van der Waals surface area contributed by atoms with Gasteiger partial charge in [0.15, 0.2) is 6.29 Å². The Kier molecular flexibility index (Phi) is 3.30. The zero-order valence-corrected chi connectivity index (χ0v) is 11.2. The minimum atomic E-state index is -0.123. The highest BCUT2D eigenvalue weighted by Gasteiger charge is 2.17. The molecule has 2 rings (SSSR count). The van der Waals surface area contributed by atoms with Crippen molar-refractivity contribution in [2.75, 3.05) is 0 Å². The van der Waals surface area contributed by atoms with Crippen LogP contribution >= 0.6 is 0 Å². The first-order chi connectivity index (χ1) is 8.95. The molecule has 19 heavy (non-hydrogen) atoms. The van der Waals surface area contributed by atoms with E-state index >= 15 is 0 Å². The van der Waals surface area contributed by atoms with E-state index in [1.54, 1.807) is 0 Å². The summed E-state index contributed by atoms with van der Waals surface area (Å²) in [5.41, 5.74) is 4.34. The van der Waals surface area contributed by atoms with E-state index in [1.165, 1.54) is 12.1 Å². The monoisotopic (exact) mass is 256 g/mol. The minimum Gasteiger partial charge on any atom is -0.507 e. The maximum absolute atomic E-state index is 11.2. The predicted octanol–water partition coefficient (Wildman–Crippen LogP) is 3.50. The van der Waals surface area contributed by atoms with Gasteiger partial charge in [0.25, 0.3) is 0 Å². The fourth-order valence-corrected chi connectivity index (χ4v) is 2.55. The van der Waals surface area contributed by atoms with Crippen LogP contribution < -0.4 is 0 Å². The number of hydrogen-bond donors (Lipinski definition) is 2. The van der Waals surface area contributed by atoms with E-state index in [1.807, 2.05) is 32.9 Å². The number of phenols is 2. The van der Waals surface area contributed by atoms with Crippen LogP contribution in [0.1, 0.15) is 27.0 Å². The van der Waals surface area contributed by atoms with Gasteiger partial charge in [-0.1, -0.05) is 17.7 Å². The van der Waals surface area contributed by atoms with Gasteiger partial charge >= 0.3 is 0 Å². The third kappa shape index (κ3) is 2.19. The van der Waals surface area contributed by atoms with Crippen LogP contribution in [0.15, 0.2) is 24.3 Å². The Morgan fingerprint density at radius 2 is 1.42 bits per heavy atom. The van der Waals surface area contributed by atoms with E-state index in [4.69, 9.17) is 0 Å². The van der Waals surface area contributed by atoms with E-state index < -0.39 is 0 Å². The molecule has 0 atom stereocenters. The molecule has 0 spiro atoms. The van der Waals surface area contributed by atoms with Crippen LogP contribution in [0.4, 0.5) is 0 Å². The largest absolute Gasteiger partial charge is 0.507 e. The number of rotatable bonds is 2. The van der Waals surface area contributed by atoms with Gasteiger partial charge in [0, 0.05) is 5.56 Å². The van der Waals surface area contributed by atoms with Crippen molar-refractivity contribution in [1.82, 2.24) is 0 Å². The molecule has 0 radical (unpaired) electrons. The molecule has 0 amide bonds. The molecule has 98 valence electrons. The summed E-state index contributed by atoms with van der Waals surface area (Å²) in [6.07, 6.45) is 0.573. The van der Waals surface area contributed by atoms with Gasteiger partial charge in [0.2, 0.25) is 0 Å². The summed E-state index contributed by atoms with van der Waals surface area (Å²) in [5.74, 6) is -0.128. The summed E-state index contributed by atoms with van der Waals surface area (Å²) in [7, 11) is 0. The van der Waals surface area contributed by atoms with Crippen molar-refractivity contribution in [2.45, 2.75) is 20.8 Å². The zero-order chi connectivity index (χ0) is 14.2. The second-order valence-corrected chi connectivity index (χ2v) is 4.78. The number of aromatic hydroxyl groups is 2. The fourth-order valence-electron chi connectivity index (χ4n) is 2.55. The lowest BCUT2D eigenvalue weighted by Crippen LogP contribution is -1.95. The van der Waals surface area contributed by atoms with Crippen LogP contribution in [-0.4, -0.2) is 16.5 Å². The van der Waals surface area contributed by atoms with Crippen molar-refractivity contribution in [2.24, 2.45) is 0 Å². The lowest BCUT2D eigenvalue weighted by molar-refractivity contribution is 0.112. The molecule has 0 aliphatic rings. The minimum absolute atomic E-state index is 0.00467. The first-order valence-corrected chi connectivity index (χ1v) is 6.04. The Hall–Kier alpha value is -2.29. The summed E-state index contributed by atoms with van der Waals surface area (Å²) >= 11 is 0. The van der Waals surface area contributed by atoms with Crippen LogP contribution in [0.25, 0.3) is 11.1 Å². The van der Waals surface area contributed by atoms with Gasteiger partial charge < -0.3 is 10.2 Å². The summed E-state index contributed by atoms with van der Waals surface area (Å²) < 4.78 is 0. The smallest absolute Gasteiger partial charge is 0.154 e. The molecule has 2 N–H and O–H groups in total. The van der Waals surface area contributed by atoms with Crippen molar-refractivity contribution < 1.29 is 15.0 Å². The highest BCUT2D eigenvalue weighted by atomic mass is 16.3. The third-order valence-corrected chi connectivity index (χ3v) is 3.25. The molecule has 0 unspecified atom stereocenters. The zero-order valence-electron chi connectivity index (χ0n) is 11.2. The number of carbonyl (C=O) groups is 1. The molecule has 3 heteroatoms. The Morgan fingerprint density at radius 1 is 0.895 bits per heavy atom. The molecular formula is C16H16O3. The molecule has 0 saturated carbocycles. The average Bonchev–Trinajstić information content (AvgIpc) is 2.32. The van der Waals surface area contributed by atoms with E-state index in [-0.39, 0.29) is 17.1 Å². The first-order valence-electron chi connectivity index (χ1n) is 6.04. The van der Waals surface area contributed by atoms with E-state index in [0.29, 0.717) is 11.8 Å². The third-order valence-electron chi connectivity index (χ3n) is 3.25. The van der Waals surface area contributed by atoms with Gasteiger partial charge in [-0.3, -0.25) is 4.79 Å². The number of hydrogen-bond acceptors (Lipinski definition) is 3. The quantitative estimate of drug-likeness (QED) is 0.638. The van der Waals surface area contributed by atoms with Crippen molar-refractivity contribution in [3.8, 4) is 22.6 Å². The summed E-state index contributed by atoms with van der Waals surface area (Å²) in [6, 6.07) is 6.69. The standard InChI is InChI=1S/C16H16O3/c1-9-6-10(2)15(11(3)7-9)16-12(8-17)13(18)4-5-14(16)19/h4-8,18-19H,1-3H3. The van der Waals surface area contributed by atoms with Gasteiger partial charge in [0.1, 0.15) is 11.5 Å². The summed E-state index contributed by atoms with van der Waals surface area (Å²) in [4.78, 5) is 11.2. The maximum Gasteiger partial charge on any atom is 0.154 e. The molecular weight excluding hydrogens is 240 g/mol. The van der Waals surface area contributed by atoms with Crippen LogP contribution in [0.2, 0.25) is 0 Å². The Morgan fingerprint density at radius 3 is 1.95 bits per heavy atom. The topological polar surface area (TPSA) is 57.5 Å². The van der Waals surface area contributed by atoms with E-state index in [0.717, 1.165) is 22.3 Å². The highest BCUT2D eigenvalue weighted by molar-refractivity contribution is 5.95. The lowest BCUT2D eigenvalue weighted by Gasteiger charge is -2.15. The van der Waals surface area contributed by atoms with Gasteiger partial charge in [-0.15, -0.1) is 0 Å². The molecule has 2 aromatic carbocycles. The first kappa shape index (κ1) is 13.1. The molecule has 0 aromatic heterocycles. The van der Waals surface area contributed by atoms with Crippen molar-refractivity contribution in [3.63, 3.8) is 0 Å². The predicted molar refractivity (Wildman–Crippen MR) is 74.8 cm³/mol. The van der Waals surface area contributed by atoms with Gasteiger partial charge in [-0.05, 0) is 49.6 Å².